The molecule has 6 nitrogen and oxygen atoms in total. The molecule has 46 heavy (non-hydrogen) atoms. The van der Waals surface area contributed by atoms with Gasteiger partial charge < -0.3 is 28.3 Å². The number of hydrogen-bond donors (Lipinski definition) is 1. The molecule has 0 aliphatic carbocycles. The number of hydrogen-bond acceptors (Lipinski definition) is 6. The molecule has 1 fully saturated rings. The van der Waals surface area contributed by atoms with Crippen molar-refractivity contribution in [1.82, 2.24) is 0 Å². The summed E-state index contributed by atoms with van der Waals surface area (Å²) in [6.45, 7) is 5.90. The minimum absolute atomic E-state index is 0.404. The molecular formula is C39H41BO6. The van der Waals surface area contributed by atoms with Crippen LogP contribution in [0, 0.1) is 5.41 Å². The molecule has 1 aromatic heterocycles. The lowest BCUT2D eigenvalue weighted by atomic mass is 9.71. The zero-order valence-corrected chi connectivity index (χ0v) is 27.0. The molecule has 0 spiro atoms. The molecule has 2 heterocycles. The Bertz CT molecular complexity index is 1510. The monoisotopic (exact) mass is 616 g/mol. The molecule has 6 rings (SSSR count). The van der Waals surface area contributed by atoms with Crippen LogP contribution in [-0.2, 0) is 30.0 Å². The summed E-state index contributed by atoms with van der Waals surface area (Å²) in [5.41, 5.74) is 1.45. The SMILES string of the molecule is COC(c1ccccc1)(c1ccccc1)[C@@H]1OB(c2ccoc2[C@H](O)C(C)(C)C)O[C@H]1C(OC)(c1ccccc1)c1ccccc1. The number of aliphatic hydroxyl groups is 1. The molecule has 3 atom stereocenters. The van der Waals surface area contributed by atoms with Crippen LogP contribution in [0.2, 0.25) is 0 Å². The Hall–Kier alpha value is -3.98. The molecule has 5 aromatic rings. The summed E-state index contributed by atoms with van der Waals surface area (Å²) >= 11 is 0. The van der Waals surface area contributed by atoms with Crippen molar-refractivity contribution in [2.24, 2.45) is 5.41 Å². The first kappa shape index (κ1) is 32.0. The Kier molecular flexibility index (Phi) is 9.06. The molecule has 236 valence electrons. The number of furan rings is 1. The highest BCUT2D eigenvalue weighted by atomic mass is 16.7. The van der Waals surface area contributed by atoms with Gasteiger partial charge in [-0.2, -0.15) is 0 Å². The molecule has 1 aliphatic heterocycles. The van der Waals surface area contributed by atoms with Gasteiger partial charge in [0, 0.05) is 19.7 Å². The smallest absolute Gasteiger partial charge is 0.467 e. The summed E-state index contributed by atoms with van der Waals surface area (Å²) in [5.74, 6) is 0.404. The zero-order chi connectivity index (χ0) is 32.4. The molecule has 1 aliphatic rings. The van der Waals surface area contributed by atoms with Crippen LogP contribution >= 0.6 is 0 Å². The minimum Gasteiger partial charge on any atom is -0.467 e. The quantitative estimate of drug-likeness (QED) is 0.170. The molecular weight excluding hydrogens is 575 g/mol. The largest absolute Gasteiger partial charge is 0.498 e. The van der Waals surface area contributed by atoms with Crippen LogP contribution in [0.25, 0.3) is 0 Å². The van der Waals surface area contributed by atoms with Crippen LogP contribution in [0.3, 0.4) is 0 Å². The number of aliphatic hydroxyl groups excluding tert-OH is 1. The standard InChI is InChI=1S/C39H41BO6/c1-37(2,3)34(41)33-32(26-27-44-33)40-45-35(38(42-4,28-18-10-6-11-19-28)29-20-12-7-13-21-29)36(46-40)39(43-5,30-22-14-8-15-23-30)31-24-16-9-17-25-31/h6-27,34-36,41H,1-5H3/t34-,35+,36+/m0/s1. The second kappa shape index (κ2) is 13.0. The van der Waals surface area contributed by atoms with Gasteiger partial charge in [-0.3, -0.25) is 0 Å². The van der Waals surface area contributed by atoms with Crippen LogP contribution in [0.4, 0.5) is 0 Å². The maximum atomic E-state index is 11.4. The zero-order valence-electron chi connectivity index (χ0n) is 27.0. The van der Waals surface area contributed by atoms with Gasteiger partial charge in [-0.05, 0) is 33.7 Å². The molecule has 0 saturated carbocycles. The highest BCUT2D eigenvalue weighted by Gasteiger charge is 2.62. The van der Waals surface area contributed by atoms with E-state index in [4.69, 9.17) is 23.2 Å². The Labute approximate surface area is 272 Å². The van der Waals surface area contributed by atoms with Crippen molar-refractivity contribution in [1.29, 1.82) is 0 Å². The van der Waals surface area contributed by atoms with Crippen LogP contribution in [0.15, 0.2) is 138 Å². The summed E-state index contributed by atoms with van der Waals surface area (Å²) in [7, 11) is 2.50. The topological polar surface area (TPSA) is 70.3 Å². The molecule has 0 unspecified atom stereocenters. The van der Waals surface area contributed by atoms with E-state index >= 15 is 0 Å². The second-order valence-electron chi connectivity index (χ2n) is 12.8. The van der Waals surface area contributed by atoms with Gasteiger partial charge in [-0.15, -0.1) is 0 Å². The van der Waals surface area contributed by atoms with Crippen LogP contribution < -0.4 is 5.46 Å². The van der Waals surface area contributed by atoms with Gasteiger partial charge in [-0.25, -0.2) is 0 Å². The van der Waals surface area contributed by atoms with Crippen molar-refractivity contribution in [3.8, 4) is 0 Å². The van der Waals surface area contributed by atoms with E-state index in [1.807, 2.05) is 99.6 Å². The van der Waals surface area contributed by atoms with E-state index in [0.29, 0.717) is 11.2 Å². The lowest BCUT2D eigenvalue weighted by molar-refractivity contribution is -0.136. The van der Waals surface area contributed by atoms with Gasteiger partial charge >= 0.3 is 7.12 Å². The minimum atomic E-state index is -1.14. The lowest BCUT2D eigenvalue weighted by Gasteiger charge is -2.46. The normalized spacial score (nSPS) is 18.1. The van der Waals surface area contributed by atoms with Crippen LogP contribution in [0.1, 0.15) is 54.9 Å². The summed E-state index contributed by atoms with van der Waals surface area (Å²) in [6, 6.07) is 42.2. The van der Waals surface area contributed by atoms with E-state index in [1.54, 1.807) is 20.5 Å². The molecule has 7 heteroatoms. The Morgan fingerprint density at radius 2 is 0.935 bits per heavy atom. The fourth-order valence-electron chi connectivity index (χ4n) is 6.78. The first-order valence-corrected chi connectivity index (χ1v) is 15.7. The predicted molar refractivity (Wildman–Crippen MR) is 180 cm³/mol. The third-order valence-corrected chi connectivity index (χ3v) is 9.12. The summed E-state index contributed by atoms with van der Waals surface area (Å²) in [5, 5.41) is 11.4. The molecule has 4 aromatic carbocycles. The van der Waals surface area contributed by atoms with Gasteiger partial charge in [0.2, 0.25) is 0 Å². The predicted octanol–water partition coefficient (Wildman–Crippen LogP) is 7.02. The summed E-state index contributed by atoms with van der Waals surface area (Å²) in [4.78, 5) is 0. The van der Waals surface area contributed by atoms with Crippen molar-refractivity contribution in [2.75, 3.05) is 14.2 Å². The molecule has 0 amide bonds. The number of benzene rings is 4. The van der Waals surface area contributed by atoms with Gasteiger partial charge in [-0.1, -0.05) is 142 Å². The molecule has 1 N–H and O–H groups in total. The van der Waals surface area contributed by atoms with E-state index in [-0.39, 0.29) is 0 Å². The van der Waals surface area contributed by atoms with E-state index < -0.39 is 42.0 Å². The van der Waals surface area contributed by atoms with Gasteiger partial charge in [0.15, 0.2) is 0 Å². The van der Waals surface area contributed by atoms with E-state index in [1.165, 1.54) is 0 Å². The number of ether oxygens (including phenoxy) is 2. The molecule has 0 radical (unpaired) electrons. The van der Waals surface area contributed by atoms with Crippen molar-refractivity contribution >= 4 is 12.6 Å². The van der Waals surface area contributed by atoms with Gasteiger partial charge in [0.1, 0.15) is 35.3 Å². The van der Waals surface area contributed by atoms with Crippen molar-refractivity contribution in [2.45, 2.75) is 50.3 Å². The average molecular weight is 617 g/mol. The fraction of sp³-hybridized carbons (Fsp3) is 0.282. The summed E-state index contributed by atoms with van der Waals surface area (Å²) in [6.07, 6.45) is -0.845. The maximum Gasteiger partial charge on any atom is 0.498 e. The van der Waals surface area contributed by atoms with E-state index in [2.05, 4.69) is 48.5 Å². The highest BCUT2D eigenvalue weighted by Crippen LogP contribution is 2.50. The van der Waals surface area contributed by atoms with Crippen LogP contribution in [-0.4, -0.2) is 38.7 Å². The second-order valence-corrected chi connectivity index (χ2v) is 12.8. The Morgan fingerprint density at radius 3 is 1.24 bits per heavy atom. The van der Waals surface area contributed by atoms with Gasteiger partial charge in [0.05, 0.1) is 6.26 Å². The van der Waals surface area contributed by atoms with Crippen molar-refractivity contribution in [3.05, 3.63) is 162 Å². The Morgan fingerprint density at radius 1 is 0.587 bits per heavy atom. The van der Waals surface area contributed by atoms with E-state index in [9.17, 15) is 5.11 Å². The maximum absolute atomic E-state index is 11.4. The summed E-state index contributed by atoms with van der Waals surface area (Å²) < 4.78 is 33.6. The van der Waals surface area contributed by atoms with Crippen molar-refractivity contribution < 1.29 is 28.3 Å². The van der Waals surface area contributed by atoms with Crippen molar-refractivity contribution in [3.63, 3.8) is 0 Å². The number of rotatable bonds is 10. The molecule has 1 saturated heterocycles. The third kappa shape index (κ3) is 5.42. The first-order valence-electron chi connectivity index (χ1n) is 15.7. The fourth-order valence-corrected chi connectivity index (χ4v) is 6.78. The van der Waals surface area contributed by atoms with Crippen LogP contribution in [0.5, 0.6) is 0 Å². The van der Waals surface area contributed by atoms with Gasteiger partial charge in [0.25, 0.3) is 0 Å². The highest BCUT2D eigenvalue weighted by molar-refractivity contribution is 6.62. The number of methoxy groups -OCH3 is 2. The third-order valence-electron chi connectivity index (χ3n) is 9.12. The average Bonchev–Trinajstić information content (AvgIpc) is 3.76. The lowest BCUT2D eigenvalue weighted by Crippen LogP contribution is -2.56. The van der Waals surface area contributed by atoms with E-state index in [0.717, 1.165) is 22.3 Å². The first-order chi connectivity index (χ1) is 22.3. The Balaban J connectivity index is 1.63. The molecule has 0 bridgehead atoms.